The Morgan fingerprint density at radius 3 is 2.62 bits per heavy atom. The third-order valence-electron chi connectivity index (χ3n) is 6.52. The van der Waals surface area contributed by atoms with Crippen LogP contribution in [-0.2, 0) is 11.3 Å². The maximum Gasteiger partial charge on any atom is 0.203 e. The van der Waals surface area contributed by atoms with Gasteiger partial charge >= 0.3 is 0 Å². The topological polar surface area (TPSA) is 51.1 Å². The number of ether oxygens (including phenoxy) is 1. The van der Waals surface area contributed by atoms with Gasteiger partial charge in [0.2, 0.25) is 5.95 Å². The summed E-state index contributed by atoms with van der Waals surface area (Å²) in [4.78, 5) is 5.05. The highest BCUT2D eigenvalue weighted by atomic mass is 79.9. The number of imidazole rings is 1. The Hall–Kier alpha value is -2.83. The van der Waals surface area contributed by atoms with Gasteiger partial charge in [0.15, 0.2) is 0 Å². The van der Waals surface area contributed by atoms with E-state index in [1.807, 2.05) is 20.2 Å². The number of allylic oxidation sites excluding steroid dienone is 13. The van der Waals surface area contributed by atoms with Crippen LogP contribution in [0.5, 0.6) is 0 Å². The number of halogens is 1. The van der Waals surface area contributed by atoms with E-state index < -0.39 is 0 Å². The Labute approximate surface area is 232 Å². The van der Waals surface area contributed by atoms with Gasteiger partial charge in [-0.3, -0.25) is 0 Å². The highest BCUT2D eigenvalue weighted by molar-refractivity contribution is 9.11. The van der Waals surface area contributed by atoms with E-state index in [9.17, 15) is 0 Å². The second-order valence-electron chi connectivity index (χ2n) is 9.24. The monoisotopic (exact) mass is 566 g/mol. The van der Waals surface area contributed by atoms with Crippen molar-refractivity contribution in [1.82, 2.24) is 14.9 Å². The number of nitrogens with zero attached hydrogens (tertiary/aromatic N) is 2. The Morgan fingerprint density at radius 2 is 2.05 bits per heavy atom. The molecule has 0 fully saturated rings. The summed E-state index contributed by atoms with van der Waals surface area (Å²) in [5.74, 6) is 0.991. The molecule has 0 radical (unpaired) electrons. The first-order valence-electron chi connectivity index (χ1n) is 12.8. The molecule has 1 aliphatic carbocycles. The van der Waals surface area contributed by atoms with E-state index >= 15 is 0 Å². The van der Waals surface area contributed by atoms with Gasteiger partial charge in [0.1, 0.15) is 0 Å². The zero-order valence-electron chi connectivity index (χ0n) is 23.4. The molecule has 1 aromatic heterocycles. The number of nitrogens with one attached hydrogen (secondary N) is 2. The SMILES string of the molecule is C=C/C(Br)=C\C=C(/C)CC(C1=CCC(OC)C=C1)c1cn(CC(/C=C\C)=C/C(C)=C(\C)NC)c(NC)n1. The van der Waals surface area contributed by atoms with Gasteiger partial charge in [0, 0.05) is 43.5 Å². The normalized spacial score (nSPS) is 18.5. The molecule has 5 nitrogen and oxygen atoms in total. The molecule has 0 aromatic carbocycles. The molecule has 37 heavy (non-hydrogen) atoms. The minimum Gasteiger partial charge on any atom is -0.391 e. The van der Waals surface area contributed by atoms with Crippen molar-refractivity contribution in [1.29, 1.82) is 0 Å². The fourth-order valence-corrected chi connectivity index (χ4v) is 4.32. The minimum atomic E-state index is 0.129. The van der Waals surface area contributed by atoms with Crippen LogP contribution in [-0.4, -0.2) is 36.9 Å². The predicted octanol–water partition coefficient (Wildman–Crippen LogP) is 7.73. The van der Waals surface area contributed by atoms with Crippen molar-refractivity contribution >= 4 is 21.9 Å². The first kappa shape index (κ1) is 30.4. The van der Waals surface area contributed by atoms with Gasteiger partial charge < -0.3 is 19.9 Å². The smallest absolute Gasteiger partial charge is 0.203 e. The third-order valence-corrected chi connectivity index (χ3v) is 7.11. The van der Waals surface area contributed by atoms with Gasteiger partial charge in [0.25, 0.3) is 0 Å². The molecular formula is C31H43BrN4O. The average Bonchev–Trinajstić information content (AvgIpc) is 3.32. The van der Waals surface area contributed by atoms with Gasteiger partial charge in [-0.25, -0.2) is 4.98 Å². The number of aromatic nitrogens is 2. The molecule has 6 heteroatoms. The molecule has 0 aliphatic heterocycles. The van der Waals surface area contributed by atoms with Crippen LogP contribution in [0.15, 0.2) is 99.9 Å². The fraction of sp³-hybridized carbons (Fsp3) is 0.387. The summed E-state index contributed by atoms with van der Waals surface area (Å²) < 4.78 is 8.70. The maximum atomic E-state index is 5.53. The molecule has 0 saturated heterocycles. The van der Waals surface area contributed by atoms with Crippen molar-refractivity contribution in [2.45, 2.75) is 59.1 Å². The summed E-state index contributed by atoms with van der Waals surface area (Å²) in [6.07, 6.45) is 23.2. The van der Waals surface area contributed by atoms with Crippen LogP contribution in [0.4, 0.5) is 5.95 Å². The lowest BCUT2D eigenvalue weighted by Crippen LogP contribution is -2.12. The Balaban J connectivity index is 2.49. The summed E-state index contributed by atoms with van der Waals surface area (Å²) in [6.45, 7) is 13.0. The number of anilines is 1. The van der Waals surface area contributed by atoms with Crippen LogP contribution in [0, 0.1) is 0 Å². The van der Waals surface area contributed by atoms with Crippen LogP contribution in [0.2, 0.25) is 0 Å². The first-order chi connectivity index (χ1) is 17.8. The van der Waals surface area contributed by atoms with Crippen LogP contribution >= 0.6 is 15.9 Å². The molecule has 2 atom stereocenters. The predicted molar refractivity (Wildman–Crippen MR) is 163 cm³/mol. The van der Waals surface area contributed by atoms with Gasteiger partial charge in [-0.15, -0.1) is 0 Å². The molecule has 1 aliphatic rings. The molecule has 0 spiro atoms. The van der Waals surface area contributed by atoms with Crippen molar-refractivity contribution < 1.29 is 4.74 Å². The first-order valence-corrected chi connectivity index (χ1v) is 13.5. The van der Waals surface area contributed by atoms with E-state index in [1.165, 1.54) is 22.3 Å². The third kappa shape index (κ3) is 9.20. The van der Waals surface area contributed by atoms with Gasteiger partial charge in [-0.1, -0.05) is 76.7 Å². The Bertz CT molecular complexity index is 1140. The molecule has 0 amide bonds. The van der Waals surface area contributed by atoms with Crippen molar-refractivity contribution in [3.63, 3.8) is 0 Å². The summed E-state index contributed by atoms with van der Waals surface area (Å²) in [5.41, 5.74) is 7.17. The van der Waals surface area contributed by atoms with Gasteiger partial charge in [-0.05, 0) is 63.3 Å². The highest BCUT2D eigenvalue weighted by Crippen LogP contribution is 2.34. The van der Waals surface area contributed by atoms with E-state index in [0.717, 1.165) is 41.2 Å². The van der Waals surface area contributed by atoms with E-state index in [2.05, 4.69) is 114 Å². The second kappa shape index (κ2) is 15.4. The fourth-order valence-electron chi connectivity index (χ4n) is 4.19. The molecular weight excluding hydrogens is 524 g/mol. The second-order valence-corrected chi connectivity index (χ2v) is 10.2. The molecule has 0 saturated carbocycles. The molecule has 2 rings (SSSR count). The zero-order valence-corrected chi connectivity index (χ0v) is 25.0. The van der Waals surface area contributed by atoms with Gasteiger partial charge in [-0.2, -0.15) is 0 Å². The largest absolute Gasteiger partial charge is 0.391 e. The van der Waals surface area contributed by atoms with E-state index in [4.69, 9.17) is 9.72 Å². The Morgan fingerprint density at radius 1 is 1.30 bits per heavy atom. The number of hydrogen-bond acceptors (Lipinski definition) is 4. The summed E-state index contributed by atoms with van der Waals surface area (Å²) in [5, 5.41) is 6.54. The average molecular weight is 568 g/mol. The van der Waals surface area contributed by atoms with Crippen molar-refractivity contribution in [3.8, 4) is 0 Å². The van der Waals surface area contributed by atoms with E-state index in [-0.39, 0.29) is 12.0 Å². The standard InChI is InChI=1S/C31H43BrN4O/c1-9-11-25(19-23(4)24(5)33-6)20-36-21-30(35-31(36)34-7)29(18-22(3)12-15-27(32)10-2)26-13-16-28(37-8)17-14-26/h9-16,19,21,28-29,33H,2,17-18,20H2,1,3-8H3,(H,34,35)/b11-9-,22-12+,24-23+,25-19+,27-15+. The number of rotatable bonds is 13. The molecule has 2 N–H and O–H groups in total. The highest BCUT2D eigenvalue weighted by Gasteiger charge is 2.23. The van der Waals surface area contributed by atoms with E-state index in [0.29, 0.717) is 0 Å². The van der Waals surface area contributed by atoms with Crippen molar-refractivity contribution in [3.05, 3.63) is 106 Å². The van der Waals surface area contributed by atoms with Crippen LogP contribution in [0.1, 0.15) is 52.1 Å². The zero-order chi connectivity index (χ0) is 27.4. The van der Waals surface area contributed by atoms with Crippen LogP contribution in [0.25, 0.3) is 0 Å². The lowest BCUT2D eigenvalue weighted by atomic mass is 9.86. The summed E-state index contributed by atoms with van der Waals surface area (Å²) in [6, 6.07) is 0. The lowest BCUT2D eigenvalue weighted by molar-refractivity contribution is 0.142. The van der Waals surface area contributed by atoms with Crippen LogP contribution in [0.3, 0.4) is 0 Å². The molecule has 1 heterocycles. The number of methoxy groups -OCH3 is 1. The lowest BCUT2D eigenvalue weighted by Gasteiger charge is -2.21. The maximum absolute atomic E-state index is 5.53. The Kier molecular flexibility index (Phi) is 12.7. The molecule has 0 bridgehead atoms. The van der Waals surface area contributed by atoms with Gasteiger partial charge in [0.05, 0.1) is 18.3 Å². The number of hydrogen-bond donors (Lipinski definition) is 2. The van der Waals surface area contributed by atoms with Crippen LogP contribution < -0.4 is 10.6 Å². The quantitative estimate of drug-likeness (QED) is 0.240. The molecule has 200 valence electrons. The van der Waals surface area contributed by atoms with E-state index in [1.54, 1.807) is 13.2 Å². The van der Waals surface area contributed by atoms with Crippen molar-refractivity contribution in [2.75, 3.05) is 26.5 Å². The minimum absolute atomic E-state index is 0.129. The molecule has 2 unspecified atom stereocenters. The summed E-state index contributed by atoms with van der Waals surface area (Å²) >= 11 is 3.52. The van der Waals surface area contributed by atoms with Crippen molar-refractivity contribution in [2.24, 2.45) is 0 Å². The molecule has 1 aromatic rings. The summed E-state index contributed by atoms with van der Waals surface area (Å²) in [7, 11) is 5.64.